The third kappa shape index (κ3) is 3.71. The predicted octanol–water partition coefficient (Wildman–Crippen LogP) is 3.29. The monoisotopic (exact) mass is 210 g/mol. The van der Waals surface area contributed by atoms with Crippen molar-refractivity contribution in [3.05, 3.63) is 23.5 Å². The second kappa shape index (κ2) is 7.52. The summed E-state index contributed by atoms with van der Waals surface area (Å²) in [5.74, 6) is 0. The van der Waals surface area contributed by atoms with Gasteiger partial charge in [-0.25, -0.2) is 0 Å². The molecule has 0 unspecified atom stereocenters. The van der Waals surface area contributed by atoms with E-state index in [0.29, 0.717) is 0 Å². The minimum Gasteiger partial charge on any atom is -0.349 e. The maximum absolute atomic E-state index is 2.36. The van der Waals surface area contributed by atoms with Crippen LogP contribution in [0.4, 0.5) is 0 Å². The van der Waals surface area contributed by atoms with Gasteiger partial charge in [-0.05, 0) is 25.6 Å². The molecule has 2 heterocycles. The molecule has 2 nitrogen and oxygen atoms in total. The molecule has 2 rings (SSSR count). The van der Waals surface area contributed by atoms with Crippen molar-refractivity contribution in [3.63, 3.8) is 0 Å². The van der Waals surface area contributed by atoms with Gasteiger partial charge in [0.05, 0.1) is 0 Å². The molecule has 0 fully saturated rings. The van der Waals surface area contributed by atoms with Crippen LogP contribution >= 0.6 is 0 Å². The highest BCUT2D eigenvalue weighted by molar-refractivity contribution is 5.21. The van der Waals surface area contributed by atoms with Crippen LogP contribution in [-0.4, -0.2) is 23.1 Å². The zero-order valence-corrected chi connectivity index (χ0v) is 11.2. The fourth-order valence-corrected chi connectivity index (χ4v) is 1.65. The molecule has 0 radical (unpaired) electrons. The van der Waals surface area contributed by atoms with Crippen LogP contribution in [0, 0.1) is 6.92 Å². The topological polar surface area (TPSA) is 8.17 Å². The van der Waals surface area contributed by atoms with E-state index in [9.17, 15) is 0 Å². The first-order valence-electron chi connectivity index (χ1n) is 6.10. The van der Waals surface area contributed by atoms with Crippen molar-refractivity contribution in [2.24, 2.45) is 0 Å². The fourth-order valence-electron chi connectivity index (χ4n) is 1.65. The SMILES string of the molecule is CC.CC.Cc1ccn2c1CN(C)CC2. The normalized spacial score (nSPS) is 14.3. The molecule has 15 heavy (non-hydrogen) atoms. The lowest BCUT2D eigenvalue weighted by Crippen LogP contribution is -2.30. The first-order valence-corrected chi connectivity index (χ1v) is 6.10. The average molecular weight is 210 g/mol. The van der Waals surface area contributed by atoms with E-state index in [-0.39, 0.29) is 0 Å². The molecular formula is C13H26N2. The summed E-state index contributed by atoms with van der Waals surface area (Å²) in [6.07, 6.45) is 2.19. The van der Waals surface area contributed by atoms with Gasteiger partial charge in [-0.1, -0.05) is 27.7 Å². The van der Waals surface area contributed by atoms with Gasteiger partial charge in [-0.3, -0.25) is 4.90 Å². The highest BCUT2D eigenvalue weighted by Crippen LogP contribution is 2.15. The number of aromatic nitrogens is 1. The molecule has 1 aromatic rings. The Hall–Kier alpha value is -0.760. The molecule has 1 aliphatic heterocycles. The maximum Gasteiger partial charge on any atom is 0.0387 e. The fraction of sp³-hybridized carbons (Fsp3) is 0.692. The van der Waals surface area contributed by atoms with Crippen LogP contribution in [0.5, 0.6) is 0 Å². The summed E-state index contributed by atoms with van der Waals surface area (Å²) in [6.45, 7) is 13.6. The summed E-state index contributed by atoms with van der Waals surface area (Å²) >= 11 is 0. The highest BCUT2D eigenvalue weighted by atomic mass is 15.2. The zero-order valence-electron chi connectivity index (χ0n) is 11.2. The first kappa shape index (κ1) is 14.2. The van der Waals surface area contributed by atoms with Gasteiger partial charge in [0.25, 0.3) is 0 Å². The molecule has 0 N–H and O–H groups in total. The van der Waals surface area contributed by atoms with Gasteiger partial charge in [-0.2, -0.15) is 0 Å². The smallest absolute Gasteiger partial charge is 0.0387 e. The van der Waals surface area contributed by atoms with Crippen molar-refractivity contribution in [3.8, 4) is 0 Å². The number of hydrogen-bond donors (Lipinski definition) is 0. The van der Waals surface area contributed by atoms with Crippen molar-refractivity contribution in [1.82, 2.24) is 9.47 Å². The van der Waals surface area contributed by atoms with Crippen LogP contribution in [0.1, 0.15) is 39.0 Å². The number of fused-ring (bicyclic) bond motifs is 1. The Morgan fingerprint density at radius 1 is 1.07 bits per heavy atom. The molecule has 0 amide bonds. The molecule has 0 saturated carbocycles. The number of rotatable bonds is 0. The molecule has 0 atom stereocenters. The zero-order chi connectivity index (χ0) is 11.8. The van der Waals surface area contributed by atoms with Crippen LogP contribution in [0.3, 0.4) is 0 Å². The van der Waals surface area contributed by atoms with E-state index in [0.717, 1.165) is 13.1 Å². The number of aryl methyl sites for hydroxylation is 1. The molecule has 88 valence electrons. The van der Waals surface area contributed by atoms with Crippen LogP contribution in [-0.2, 0) is 13.1 Å². The van der Waals surface area contributed by atoms with Crippen LogP contribution < -0.4 is 0 Å². The number of nitrogens with zero attached hydrogens (tertiary/aromatic N) is 2. The second-order valence-electron chi connectivity index (χ2n) is 3.38. The van der Waals surface area contributed by atoms with Crippen molar-refractivity contribution in [2.45, 2.75) is 47.7 Å². The summed E-state index contributed by atoms with van der Waals surface area (Å²) in [5, 5.41) is 0. The van der Waals surface area contributed by atoms with Crippen molar-refractivity contribution >= 4 is 0 Å². The minimum atomic E-state index is 1.11. The Morgan fingerprint density at radius 3 is 2.27 bits per heavy atom. The van der Waals surface area contributed by atoms with Crippen molar-refractivity contribution in [2.75, 3.05) is 13.6 Å². The summed E-state index contributed by atoms with van der Waals surface area (Å²) in [7, 11) is 2.18. The third-order valence-corrected chi connectivity index (χ3v) is 2.45. The number of likely N-dealkylation sites (N-methyl/N-ethyl adjacent to an activating group) is 1. The lowest BCUT2D eigenvalue weighted by atomic mass is 10.2. The second-order valence-corrected chi connectivity index (χ2v) is 3.38. The Morgan fingerprint density at radius 2 is 1.67 bits per heavy atom. The standard InChI is InChI=1S/C9H14N2.2C2H6/c1-8-3-4-11-6-5-10(2)7-9(8)11;2*1-2/h3-4H,5-7H2,1-2H3;2*1-2H3. The minimum absolute atomic E-state index is 1.11. The molecule has 0 aromatic carbocycles. The van der Waals surface area contributed by atoms with Crippen molar-refractivity contribution < 1.29 is 0 Å². The van der Waals surface area contributed by atoms with Gasteiger partial charge < -0.3 is 4.57 Å². The summed E-state index contributed by atoms with van der Waals surface area (Å²) in [4.78, 5) is 2.36. The summed E-state index contributed by atoms with van der Waals surface area (Å²) in [5.41, 5.74) is 2.91. The Balaban J connectivity index is 0.000000442. The predicted molar refractivity (Wildman–Crippen MR) is 68.2 cm³/mol. The molecular weight excluding hydrogens is 184 g/mol. The van der Waals surface area contributed by atoms with E-state index < -0.39 is 0 Å². The van der Waals surface area contributed by atoms with Gasteiger partial charge in [0, 0.05) is 31.5 Å². The van der Waals surface area contributed by atoms with Gasteiger partial charge in [0.15, 0.2) is 0 Å². The van der Waals surface area contributed by atoms with Crippen molar-refractivity contribution in [1.29, 1.82) is 0 Å². The van der Waals surface area contributed by atoms with Crippen LogP contribution in [0.15, 0.2) is 12.3 Å². The molecule has 0 saturated heterocycles. The van der Waals surface area contributed by atoms with Gasteiger partial charge in [0.1, 0.15) is 0 Å². The highest BCUT2D eigenvalue weighted by Gasteiger charge is 2.13. The molecule has 1 aromatic heterocycles. The van der Waals surface area contributed by atoms with E-state index in [4.69, 9.17) is 0 Å². The lowest BCUT2D eigenvalue weighted by molar-refractivity contribution is 0.269. The quantitative estimate of drug-likeness (QED) is 0.638. The van der Waals surface area contributed by atoms with Crippen LogP contribution in [0.2, 0.25) is 0 Å². The maximum atomic E-state index is 2.36. The van der Waals surface area contributed by atoms with E-state index in [1.54, 1.807) is 0 Å². The number of hydrogen-bond acceptors (Lipinski definition) is 1. The summed E-state index contributed by atoms with van der Waals surface area (Å²) < 4.78 is 2.36. The molecule has 1 aliphatic rings. The molecule has 0 spiro atoms. The molecule has 0 aliphatic carbocycles. The van der Waals surface area contributed by atoms with Gasteiger partial charge in [0.2, 0.25) is 0 Å². The third-order valence-electron chi connectivity index (χ3n) is 2.45. The van der Waals surface area contributed by atoms with Gasteiger partial charge in [-0.15, -0.1) is 0 Å². The molecule has 2 heteroatoms. The Kier molecular flexibility index (Phi) is 7.14. The average Bonchev–Trinajstić information content (AvgIpc) is 2.66. The Labute approximate surface area is 94.9 Å². The summed E-state index contributed by atoms with van der Waals surface area (Å²) in [6, 6.07) is 2.20. The van der Waals surface area contributed by atoms with E-state index in [1.165, 1.54) is 17.8 Å². The van der Waals surface area contributed by atoms with Crippen LogP contribution in [0.25, 0.3) is 0 Å². The van der Waals surface area contributed by atoms with E-state index >= 15 is 0 Å². The van der Waals surface area contributed by atoms with E-state index in [1.807, 2.05) is 27.7 Å². The Bertz CT molecular complexity index is 263. The van der Waals surface area contributed by atoms with E-state index in [2.05, 4.69) is 35.7 Å². The van der Waals surface area contributed by atoms with Gasteiger partial charge >= 0.3 is 0 Å². The lowest BCUT2D eigenvalue weighted by Gasteiger charge is -2.25. The first-order chi connectivity index (χ1) is 7.27. The largest absolute Gasteiger partial charge is 0.349 e. The molecule has 0 bridgehead atoms.